The summed E-state index contributed by atoms with van der Waals surface area (Å²) in [4.78, 5) is 18.8. The van der Waals surface area contributed by atoms with Gasteiger partial charge in [0.05, 0.1) is 5.72 Å². The van der Waals surface area contributed by atoms with Crippen molar-refractivity contribution in [2.45, 2.75) is 79.1 Å². The Balaban J connectivity index is 0.00000293. The number of benzene rings is 4. The van der Waals surface area contributed by atoms with E-state index in [1.165, 1.54) is 11.1 Å². The topological polar surface area (TPSA) is 70.0 Å². The van der Waals surface area contributed by atoms with Gasteiger partial charge in [0.25, 0.3) is 0 Å². The van der Waals surface area contributed by atoms with E-state index in [-0.39, 0.29) is 60.0 Å². The van der Waals surface area contributed by atoms with Gasteiger partial charge in [-0.2, -0.15) is 34.2 Å². The molecular weight excluding hydrogens is 1000 g/mol. The van der Waals surface area contributed by atoms with Crippen molar-refractivity contribution in [1.82, 2.24) is 19.9 Å². The third-order valence-corrected chi connectivity index (χ3v) is 10.6. The normalized spacial score (nSPS) is 11.7. The average Bonchev–Trinajstić information content (AvgIpc) is 3.53. The van der Waals surface area contributed by atoms with Crippen molar-refractivity contribution >= 4 is 23.4 Å². The van der Waals surface area contributed by atoms with Gasteiger partial charge in [0.15, 0.2) is 0 Å². The molecule has 0 amide bonds. The van der Waals surface area contributed by atoms with E-state index in [0.29, 0.717) is 40.6 Å². The fourth-order valence-corrected chi connectivity index (χ4v) is 7.36. The molecule has 6 nitrogen and oxygen atoms in total. The first-order chi connectivity index (χ1) is 27.5. The van der Waals surface area contributed by atoms with Crippen LogP contribution in [0.4, 0.5) is 0 Å². The molecule has 8 rings (SSSR count). The molecule has 0 radical (unpaired) electrons. The van der Waals surface area contributed by atoms with Crippen molar-refractivity contribution in [2.75, 3.05) is 0 Å². The molecule has 9 heteroatoms. The Morgan fingerprint density at radius 1 is 0.492 bits per heavy atom. The molecule has 7 aromatic rings. The van der Waals surface area contributed by atoms with Crippen molar-refractivity contribution in [3.8, 4) is 56.6 Å². The number of ether oxygens (including phenoxy) is 2. The second-order valence-electron chi connectivity index (χ2n) is 15.9. The first kappa shape index (κ1) is 43.8. The quantitative estimate of drug-likeness (QED) is 0.0950. The van der Waals surface area contributed by atoms with E-state index in [1.807, 2.05) is 30.6 Å². The van der Waals surface area contributed by atoms with Gasteiger partial charge in [-0.3, -0.25) is 9.97 Å². The van der Waals surface area contributed by atoms with Crippen LogP contribution in [-0.2, 0) is 41.5 Å². The van der Waals surface area contributed by atoms with Crippen LogP contribution in [0.5, 0.6) is 23.0 Å². The van der Waals surface area contributed by atoms with Gasteiger partial charge in [-0.15, -0.1) is 59.7 Å². The van der Waals surface area contributed by atoms with Crippen LogP contribution in [-0.4, -0.2) is 26.6 Å². The van der Waals surface area contributed by atoms with E-state index in [9.17, 15) is 0 Å². The minimum atomic E-state index is -0.339. The van der Waals surface area contributed by atoms with Crippen molar-refractivity contribution < 1.29 is 51.0 Å². The first-order valence-electron chi connectivity index (χ1n) is 19.8. The predicted octanol–water partition coefficient (Wildman–Crippen LogP) is 10.4. The Hall–Kier alpha value is -4.72. The number of nitrogens with zero attached hydrogens (tertiary/aromatic N) is 4. The minimum absolute atomic E-state index is 0. The monoisotopic (exact) mass is 1050 g/mol. The van der Waals surface area contributed by atoms with Crippen LogP contribution >= 0.6 is 0 Å². The smallest absolute Gasteiger partial charge is 0.503 e. The Kier molecular flexibility index (Phi) is 13.9. The maximum Gasteiger partial charge on any atom is 2.00 e. The molecule has 300 valence electrons. The molecule has 0 atom stereocenters. The van der Waals surface area contributed by atoms with Crippen LogP contribution < -0.4 is 26.1 Å². The molecule has 3 aromatic heterocycles. The summed E-state index contributed by atoms with van der Waals surface area (Å²) in [6.07, 6.45) is 7.28. The standard InChI is InChI=1S/C50H45BN4O2.Pd.Pt/c1-30(2)34-18-22-52-46(24-34)36-10-14-40(32(5)6)48(26-36)56-38-12-16-42-43-17-13-39(29-45(43)51(44(42)28-38)50-54-20-9-21-55-50)57-49-27-37(11-15-41(49)33(7)8)47-25-35(31(3)4)19-23-53-47;;/h9-25,30-33H,1-8H3;;/q-4;2*+2. The summed E-state index contributed by atoms with van der Waals surface area (Å²) in [5.41, 5.74) is 12.6. The summed E-state index contributed by atoms with van der Waals surface area (Å²) in [6.45, 7) is 17.1. The summed E-state index contributed by atoms with van der Waals surface area (Å²) in [5, 5.41) is 0. The fourth-order valence-electron chi connectivity index (χ4n) is 7.36. The second kappa shape index (κ2) is 18.7. The fraction of sp³-hybridized carbons (Fsp3) is 0.240. The van der Waals surface area contributed by atoms with E-state index >= 15 is 0 Å². The van der Waals surface area contributed by atoms with Crippen molar-refractivity contribution in [3.63, 3.8) is 0 Å². The Labute approximate surface area is 377 Å². The SMILES string of the molecule is CC(C)c1ccnc(-c2[c-]c(Oc3[c-]c4c(cc3)-c3ccc(Oc5[c-]c(-c6cc(C(C)C)ccn6)ccc5C(C)C)[c-]c3B4c3ncccn3)c(C(C)C)cc2)c1.[Pd+2].[Pt+2]. The zero-order valence-electron chi connectivity index (χ0n) is 34.4. The zero-order chi connectivity index (χ0) is 39.8. The molecule has 0 fully saturated rings. The predicted molar refractivity (Wildman–Crippen MR) is 230 cm³/mol. The van der Waals surface area contributed by atoms with Crippen LogP contribution in [0.1, 0.15) is 101 Å². The Morgan fingerprint density at radius 2 is 0.932 bits per heavy atom. The van der Waals surface area contributed by atoms with Crippen LogP contribution in [0.25, 0.3) is 33.6 Å². The number of fused-ring (bicyclic) bond motifs is 3. The molecular formula is C50H45BN4O2PdPt. The van der Waals surface area contributed by atoms with Gasteiger partial charge in [-0.1, -0.05) is 114 Å². The molecule has 4 heterocycles. The van der Waals surface area contributed by atoms with Gasteiger partial charge in [0.2, 0.25) is 6.71 Å². The van der Waals surface area contributed by atoms with Gasteiger partial charge >= 0.3 is 41.5 Å². The van der Waals surface area contributed by atoms with Gasteiger partial charge in [-0.05, 0) is 41.4 Å². The van der Waals surface area contributed by atoms with Crippen LogP contribution in [0, 0.1) is 24.3 Å². The number of aromatic nitrogens is 4. The molecule has 0 saturated carbocycles. The molecule has 59 heavy (non-hydrogen) atoms. The molecule has 0 spiro atoms. The number of hydrogen-bond acceptors (Lipinski definition) is 6. The van der Waals surface area contributed by atoms with Crippen LogP contribution in [0.15, 0.2) is 104 Å². The molecule has 4 aromatic carbocycles. The van der Waals surface area contributed by atoms with Gasteiger partial charge in [-0.25, -0.2) is 0 Å². The van der Waals surface area contributed by atoms with Crippen molar-refractivity contribution in [1.29, 1.82) is 0 Å². The van der Waals surface area contributed by atoms with Crippen LogP contribution in [0.3, 0.4) is 0 Å². The maximum atomic E-state index is 6.70. The van der Waals surface area contributed by atoms with E-state index in [4.69, 9.17) is 19.4 Å². The number of hydrogen-bond donors (Lipinski definition) is 0. The van der Waals surface area contributed by atoms with Gasteiger partial charge < -0.3 is 19.4 Å². The Morgan fingerprint density at radius 3 is 1.34 bits per heavy atom. The van der Waals surface area contributed by atoms with Gasteiger partial charge in [0.1, 0.15) is 0 Å². The van der Waals surface area contributed by atoms with E-state index in [2.05, 4.69) is 150 Å². The van der Waals surface area contributed by atoms with E-state index < -0.39 is 0 Å². The zero-order valence-corrected chi connectivity index (χ0v) is 38.3. The van der Waals surface area contributed by atoms with Gasteiger partial charge in [0, 0.05) is 47.8 Å². The Bertz CT molecular complexity index is 2420. The largest absolute Gasteiger partial charge is 2.00 e. The molecule has 0 unspecified atom stereocenters. The van der Waals surface area contributed by atoms with Crippen molar-refractivity contribution in [3.05, 3.63) is 150 Å². The molecule has 1 aliphatic heterocycles. The summed E-state index contributed by atoms with van der Waals surface area (Å²) in [6, 6.07) is 41.1. The van der Waals surface area contributed by atoms with E-state index in [1.54, 1.807) is 12.4 Å². The third kappa shape index (κ3) is 9.22. The number of rotatable bonds is 11. The third-order valence-electron chi connectivity index (χ3n) is 10.6. The van der Waals surface area contributed by atoms with Crippen LogP contribution in [0.2, 0.25) is 0 Å². The van der Waals surface area contributed by atoms with E-state index in [0.717, 1.165) is 55.7 Å². The maximum absolute atomic E-state index is 6.70. The second-order valence-corrected chi connectivity index (χ2v) is 15.9. The molecule has 1 aliphatic rings. The summed E-state index contributed by atoms with van der Waals surface area (Å²) in [5.74, 6) is 3.70. The summed E-state index contributed by atoms with van der Waals surface area (Å²) in [7, 11) is 0. The average molecular weight is 1050 g/mol. The molecule has 0 saturated heterocycles. The minimum Gasteiger partial charge on any atom is -0.503 e. The molecule has 0 bridgehead atoms. The molecule has 0 N–H and O–H groups in total. The number of pyridine rings is 2. The molecule has 0 aliphatic carbocycles. The van der Waals surface area contributed by atoms with Crippen molar-refractivity contribution in [2.24, 2.45) is 0 Å². The first-order valence-corrected chi connectivity index (χ1v) is 19.8. The summed E-state index contributed by atoms with van der Waals surface area (Å²) >= 11 is 0. The summed E-state index contributed by atoms with van der Waals surface area (Å²) < 4.78 is 13.4.